The molecule has 1 rings (SSSR count). The number of ketones is 1. The number of likely N-dealkylation sites (N-methyl/N-ethyl adjacent to an activating group) is 1. The summed E-state index contributed by atoms with van der Waals surface area (Å²) in [4.78, 5) is 13.9. The minimum atomic E-state index is -0.246. The Labute approximate surface area is 87.7 Å². The zero-order valence-corrected chi connectivity index (χ0v) is 10.3. The van der Waals surface area contributed by atoms with Crippen LogP contribution in [0.1, 0.15) is 47.5 Å². The molecule has 2 nitrogen and oxygen atoms in total. The molecule has 1 fully saturated rings. The summed E-state index contributed by atoms with van der Waals surface area (Å²) in [7, 11) is 2.08. The molecule has 0 aliphatic carbocycles. The molecule has 1 aliphatic heterocycles. The maximum atomic E-state index is 11.7. The topological polar surface area (TPSA) is 20.3 Å². The van der Waals surface area contributed by atoms with Crippen LogP contribution >= 0.6 is 0 Å². The normalized spacial score (nSPS) is 44.3. The first-order valence-electron chi connectivity index (χ1n) is 5.52. The molecule has 82 valence electrons. The Kier molecular flexibility index (Phi) is 2.79. The van der Waals surface area contributed by atoms with Gasteiger partial charge in [0.2, 0.25) is 0 Å². The highest BCUT2D eigenvalue weighted by molar-refractivity contribution is 5.86. The van der Waals surface area contributed by atoms with Gasteiger partial charge in [0.15, 0.2) is 0 Å². The second kappa shape index (κ2) is 3.34. The van der Waals surface area contributed by atoms with Crippen molar-refractivity contribution in [2.75, 3.05) is 7.05 Å². The maximum absolute atomic E-state index is 11.7. The van der Waals surface area contributed by atoms with Crippen LogP contribution in [0, 0.1) is 5.41 Å². The molecule has 0 aromatic rings. The smallest absolute Gasteiger partial charge is 0.149 e. The van der Waals surface area contributed by atoms with Gasteiger partial charge in [-0.2, -0.15) is 0 Å². The largest absolute Gasteiger partial charge is 0.298 e. The van der Waals surface area contributed by atoms with Crippen LogP contribution in [0.15, 0.2) is 0 Å². The number of hydrogen-bond acceptors (Lipinski definition) is 2. The summed E-state index contributed by atoms with van der Waals surface area (Å²) in [5.74, 6) is 0.295. The van der Waals surface area contributed by atoms with Gasteiger partial charge in [0, 0.05) is 6.04 Å². The third kappa shape index (κ3) is 1.40. The summed E-state index contributed by atoms with van der Waals surface area (Å²) in [5.41, 5.74) is 0.0410. The maximum Gasteiger partial charge on any atom is 0.149 e. The van der Waals surface area contributed by atoms with Crippen LogP contribution in [0.3, 0.4) is 0 Å². The molecule has 0 bridgehead atoms. The van der Waals surface area contributed by atoms with Crippen LogP contribution in [-0.4, -0.2) is 29.3 Å². The Morgan fingerprint density at radius 1 is 1.50 bits per heavy atom. The van der Waals surface area contributed by atoms with E-state index in [1.165, 1.54) is 0 Å². The third-order valence-corrected chi connectivity index (χ3v) is 4.68. The Morgan fingerprint density at radius 3 is 2.21 bits per heavy atom. The summed E-state index contributed by atoms with van der Waals surface area (Å²) in [6, 6.07) is 0.487. The highest BCUT2D eigenvalue weighted by Gasteiger charge is 2.52. The molecule has 0 spiro atoms. The highest BCUT2D eigenvalue weighted by atomic mass is 16.1. The summed E-state index contributed by atoms with van der Waals surface area (Å²) in [5, 5.41) is 0. The molecule has 3 unspecified atom stereocenters. The second-order valence-electron chi connectivity index (χ2n) is 5.30. The van der Waals surface area contributed by atoms with Gasteiger partial charge in [-0.1, -0.05) is 13.8 Å². The molecule has 3 atom stereocenters. The molecule has 0 N–H and O–H groups in total. The van der Waals surface area contributed by atoms with Crippen molar-refractivity contribution in [3.8, 4) is 0 Å². The number of rotatable bonds is 2. The Hall–Kier alpha value is -0.370. The van der Waals surface area contributed by atoms with E-state index < -0.39 is 0 Å². The Balaban J connectivity index is 3.03. The summed E-state index contributed by atoms with van der Waals surface area (Å²) >= 11 is 0. The first-order valence-corrected chi connectivity index (χ1v) is 5.52. The molecule has 0 saturated carbocycles. The number of likely N-dealkylation sites (tertiary alicyclic amines) is 1. The molecule has 0 amide bonds. The van der Waals surface area contributed by atoms with Crippen LogP contribution in [0.4, 0.5) is 0 Å². The molecule has 1 saturated heterocycles. The molecule has 2 heteroatoms. The van der Waals surface area contributed by atoms with Gasteiger partial charge in [-0.15, -0.1) is 0 Å². The Morgan fingerprint density at radius 2 is 2.00 bits per heavy atom. The van der Waals surface area contributed by atoms with E-state index in [2.05, 4.69) is 39.6 Å². The number of Topliss-reactive ketones (excluding diaryl/α,β-unsaturated/α-hetero) is 1. The van der Waals surface area contributed by atoms with Crippen molar-refractivity contribution < 1.29 is 4.79 Å². The predicted molar refractivity (Wildman–Crippen MR) is 59.3 cm³/mol. The van der Waals surface area contributed by atoms with Gasteiger partial charge in [0.1, 0.15) is 5.78 Å². The molecule has 1 heterocycles. The second-order valence-corrected chi connectivity index (χ2v) is 5.30. The van der Waals surface area contributed by atoms with Crippen LogP contribution in [0.25, 0.3) is 0 Å². The van der Waals surface area contributed by atoms with Crippen molar-refractivity contribution in [2.45, 2.75) is 59.0 Å². The van der Waals surface area contributed by atoms with E-state index in [4.69, 9.17) is 0 Å². The standard InChI is InChI=1S/C12H23NO/c1-7-11(4)8-12(5,10(3)14)13(6)9(11)2/h9H,7-8H2,1-6H3. The lowest BCUT2D eigenvalue weighted by Gasteiger charge is -2.32. The van der Waals surface area contributed by atoms with Crippen LogP contribution < -0.4 is 0 Å². The zero-order chi connectivity index (χ0) is 11.1. The van der Waals surface area contributed by atoms with E-state index in [1.54, 1.807) is 6.92 Å². The molecule has 0 aromatic carbocycles. The van der Waals surface area contributed by atoms with Crippen LogP contribution in [0.2, 0.25) is 0 Å². The van der Waals surface area contributed by atoms with E-state index in [0.29, 0.717) is 11.8 Å². The Bertz CT molecular complexity index is 251. The van der Waals surface area contributed by atoms with Gasteiger partial charge in [-0.3, -0.25) is 9.69 Å². The van der Waals surface area contributed by atoms with Gasteiger partial charge < -0.3 is 0 Å². The van der Waals surface area contributed by atoms with Gasteiger partial charge in [0.25, 0.3) is 0 Å². The predicted octanol–water partition coefficient (Wildman–Crippen LogP) is 2.47. The van der Waals surface area contributed by atoms with E-state index >= 15 is 0 Å². The average Bonchev–Trinajstić information content (AvgIpc) is 2.30. The molecule has 1 aliphatic rings. The fraction of sp³-hybridized carbons (Fsp3) is 0.917. The lowest BCUT2D eigenvalue weighted by atomic mass is 9.76. The lowest BCUT2D eigenvalue weighted by Crippen LogP contribution is -2.46. The first kappa shape index (κ1) is 11.7. The van der Waals surface area contributed by atoms with E-state index in [1.807, 2.05) is 0 Å². The number of hydrogen-bond donors (Lipinski definition) is 0. The van der Waals surface area contributed by atoms with Gasteiger partial charge >= 0.3 is 0 Å². The quantitative estimate of drug-likeness (QED) is 0.678. The minimum Gasteiger partial charge on any atom is -0.298 e. The first-order chi connectivity index (χ1) is 6.28. The summed E-state index contributed by atoms with van der Waals surface area (Å²) < 4.78 is 0. The van der Waals surface area contributed by atoms with Crippen LogP contribution in [0.5, 0.6) is 0 Å². The lowest BCUT2D eigenvalue weighted by molar-refractivity contribution is -0.126. The van der Waals surface area contributed by atoms with Gasteiger partial charge in [-0.25, -0.2) is 0 Å². The number of carbonyl (C=O) groups excluding carboxylic acids is 1. The van der Waals surface area contributed by atoms with Gasteiger partial charge in [-0.05, 0) is 46.1 Å². The van der Waals surface area contributed by atoms with Gasteiger partial charge in [0.05, 0.1) is 5.54 Å². The zero-order valence-electron chi connectivity index (χ0n) is 10.3. The molecule has 0 radical (unpaired) electrons. The molecule has 0 aromatic heterocycles. The van der Waals surface area contributed by atoms with E-state index in [-0.39, 0.29) is 11.0 Å². The van der Waals surface area contributed by atoms with Crippen molar-refractivity contribution in [2.24, 2.45) is 5.41 Å². The summed E-state index contributed by atoms with van der Waals surface area (Å²) in [6.45, 7) is 10.5. The highest BCUT2D eigenvalue weighted by Crippen LogP contribution is 2.47. The van der Waals surface area contributed by atoms with Crippen molar-refractivity contribution in [3.63, 3.8) is 0 Å². The molecular formula is C12H23NO. The van der Waals surface area contributed by atoms with Crippen LogP contribution in [-0.2, 0) is 4.79 Å². The monoisotopic (exact) mass is 197 g/mol. The number of nitrogens with zero attached hydrogens (tertiary/aromatic N) is 1. The van der Waals surface area contributed by atoms with Crippen molar-refractivity contribution in [1.29, 1.82) is 0 Å². The van der Waals surface area contributed by atoms with E-state index in [9.17, 15) is 4.79 Å². The fourth-order valence-electron chi connectivity index (χ4n) is 2.75. The minimum absolute atomic E-state index is 0.246. The summed E-state index contributed by atoms with van der Waals surface area (Å²) in [6.07, 6.45) is 2.13. The van der Waals surface area contributed by atoms with E-state index in [0.717, 1.165) is 12.8 Å². The molecule has 14 heavy (non-hydrogen) atoms. The SMILES string of the molecule is CCC1(C)CC(C)(C(C)=O)N(C)C1C. The number of carbonyl (C=O) groups is 1. The average molecular weight is 197 g/mol. The fourth-order valence-corrected chi connectivity index (χ4v) is 2.75. The van der Waals surface area contributed by atoms with Crippen molar-refractivity contribution in [1.82, 2.24) is 4.90 Å². The van der Waals surface area contributed by atoms with Crippen molar-refractivity contribution >= 4 is 5.78 Å². The third-order valence-electron chi connectivity index (χ3n) is 4.68. The molecular weight excluding hydrogens is 174 g/mol. The van der Waals surface area contributed by atoms with Crippen molar-refractivity contribution in [3.05, 3.63) is 0 Å².